The van der Waals surface area contributed by atoms with Gasteiger partial charge in [0.15, 0.2) is 5.16 Å². The minimum absolute atomic E-state index is 0.100. The van der Waals surface area contributed by atoms with Crippen molar-refractivity contribution >= 4 is 34.5 Å². The molecule has 1 aromatic carbocycles. The predicted octanol–water partition coefficient (Wildman–Crippen LogP) is 1.66. The van der Waals surface area contributed by atoms with Gasteiger partial charge in [0.25, 0.3) is 5.56 Å². The number of aromatic nitrogens is 2. The van der Waals surface area contributed by atoms with Crippen molar-refractivity contribution in [1.29, 1.82) is 0 Å². The maximum Gasteiger partial charge on any atom is 0.337 e. The molecule has 2 heterocycles. The first-order valence-electron chi connectivity index (χ1n) is 8.02. The average Bonchev–Trinajstić information content (AvgIpc) is 3.20. The number of methoxy groups -OCH3 is 1. The summed E-state index contributed by atoms with van der Waals surface area (Å²) in [4.78, 5) is 40.9. The van der Waals surface area contributed by atoms with Gasteiger partial charge in [-0.25, -0.2) is 9.78 Å². The summed E-state index contributed by atoms with van der Waals surface area (Å²) >= 11 is 1.13. The van der Waals surface area contributed by atoms with Gasteiger partial charge in [-0.3, -0.25) is 14.2 Å². The van der Waals surface area contributed by atoms with Gasteiger partial charge in [-0.05, 0) is 30.3 Å². The minimum Gasteiger partial charge on any atom is -0.467 e. The molecule has 27 heavy (non-hydrogen) atoms. The topological polar surface area (TPSA) is 103 Å². The average molecular weight is 387 g/mol. The summed E-state index contributed by atoms with van der Waals surface area (Å²) in [7, 11) is 2.82. The number of thioether (sulfide) groups is 1. The molecule has 0 unspecified atom stereocenters. The molecule has 0 aliphatic rings. The zero-order chi connectivity index (χ0) is 19.4. The number of fused-ring (bicyclic) bond motifs is 1. The molecule has 0 aliphatic heterocycles. The van der Waals surface area contributed by atoms with Crippen molar-refractivity contribution in [2.75, 3.05) is 19.9 Å². The van der Waals surface area contributed by atoms with Gasteiger partial charge in [-0.1, -0.05) is 11.8 Å². The SMILES string of the molecule is CNC(=O)CSc1nc2cc(C(=O)OC)ccc2c(=O)n1Cc1ccco1. The van der Waals surface area contributed by atoms with Crippen LogP contribution in [0.25, 0.3) is 10.9 Å². The Balaban J connectivity index is 2.11. The fourth-order valence-electron chi connectivity index (χ4n) is 2.46. The van der Waals surface area contributed by atoms with Gasteiger partial charge >= 0.3 is 5.97 Å². The Morgan fingerprint density at radius 1 is 1.33 bits per heavy atom. The summed E-state index contributed by atoms with van der Waals surface area (Å²) in [6.07, 6.45) is 1.52. The van der Waals surface area contributed by atoms with Gasteiger partial charge in [0.1, 0.15) is 5.76 Å². The van der Waals surface area contributed by atoms with E-state index in [4.69, 9.17) is 9.15 Å². The molecule has 140 valence electrons. The molecule has 0 saturated heterocycles. The number of carbonyl (C=O) groups excluding carboxylic acids is 2. The van der Waals surface area contributed by atoms with E-state index in [9.17, 15) is 14.4 Å². The largest absolute Gasteiger partial charge is 0.467 e. The van der Waals surface area contributed by atoms with E-state index in [1.54, 1.807) is 18.2 Å². The lowest BCUT2D eigenvalue weighted by atomic mass is 10.1. The van der Waals surface area contributed by atoms with Crippen molar-refractivity contribution < 1.29 is 18.7 Å². The van der Waals surface area contributed by atoms with Crippen LogP contribution in [0.5, 0.6) is 0 Å². The van der Waals surface area contributed by atoms with Gasteiger partial charge in [-0.2, -0.15) is 0 Å². The number of benzene rings is 1. The monoisotopic (exact) mass is 387 g/mol. The summed E-state index contributed by atoms with van der Waals surface area (Å²) in [5.74, 6) is -0.0185. The van der Waals surface area contributed by atoms with Gasteiger partial charge in [0, 0.05) is 7.05 Å². The standard InChI is InChI=1S/C18H17N3O5S/c1-19-15(22)10-27-18-20-14-8-11(17(24)25-2)5-6-13(14)16(23)21(18)9-12-4-3-7-26-12/h3-8H,9-10H2,1-2H3,(H,19,22). The number of carbonyl (C=O) groups is 2. The normalized spacial score (nSPS) is 10.7. The van der Waals surface area contributed by atoms with Crippen molar-refractivity contribution in [3.63, 3.8) is 0 Å². The number of nitrogens with zero attached hydrogens (tertiary/aromatic N) is 2. The highest BCUT2D eigenvalue weighted by atomic mass is 32.2. The summed E-state index contributed by atoms with van der Waals surface area (Å²) in [5, 5.41) is 3.24. The molecular formula is C18H17N3O5S. The van der Waals surface area contributed by atoms with Crippen molar-refractivity contribution in [2.45, 2.75) is 11.7 Å². The number of amides is 1. The highest BCUT2D eigenvalue weighted by Crippen LogP contribution is 2.20. The van der Waals surface area contributed by atoms with Gasteiger partial charge in [0.2, 0.25) is 5.91 Å². The predicted molar refractivity (Wildman–Crippen MR) is 99.9 cm³/mol. The number of furan rings is 1. The van der Waals surface area contributed by atoms with Crippen LogP contribution in [0, 0.1) is 0 Å². The number of esters is 1. The first kappa shape index (κ1) is 18.7. The molecule has 0 saturated carbocycles. The molecule has 8 nitrogen and oxygen atoms in total. The van der Waals surface area contributed by atoms with E-state index in [1.807, 2.05) is 0 Å². The van der Waals surface area contributed by atoms with E-state index in [2.05, 4.69) is 10.3 Å². The van der Waals surface area contributed by atoms with Crippen LogP contribution in [-0.2, 0) is 16.1 Å². The van der Waals surface area contributed by atoms with Crippen LogP contribution in [0.3, 0.4) is 0 Å². The second-order valence-electron chi connectivity index (χ2n) is 5.55. The Labute approximate surface area is 158 Å². The molecule has 2 aromatic heterocycles. The zero-order valence-electron chi connectivity index (χ0n) is 14.7. The van der Waals surface area contributed by atoms with Crippen LogP contribution < -0.4 is 10.9 Å². The van der Waals surface area contributed by atoms with Crippen LogP contribution in [0.15, 0.2) is 51.0 Å². The van der Waals surface area contributed by atoms with E-state index in [0.29, 0.717) is 27.4 Å². The van der Waals surface area contributed by atoms with Crippen LogP contribution in [-0.4, -0.2) is 41.3 Å². The lowest BCUT2D eigenvalue weighted by Crippen LogP contribution is -2.25. The summed E-state index contributed by atoms with van der Waals surface area (Å²) < 4.78 is 11.5. The third kappa shape index (κ3) is 4.03. The van der Waals surface area contributed by atoms with Crippen LogP contribution in [0.2, 0.25) is 0 Å². The second kappa shape index (κ2) is 8.09. The molecule has 0 bridgehead atoms. The van der Waals surface area contributed by atoms with Crippen LogP contribution in [0.1, 0.15) is 16.1 Å². The zero-order valence-corrected chi connectivity index (χ0v) is 15.5. The van der Waals surface area contributed by atoms with Gasteiger partial charge in [-0.15, -0.1) is 0 Å². The molecule has 0 aliphatic carbocycles. The van der Waals surface area contributed by atoms with Crippen molar-refractivity contribution in [1.82, 2.24) is 14.9 Å². The van der Waals surface area contributed by atoms with Crippen molar-refractivity contribution in [3.05, 3.63) is 58.3 Å². The smallest absolute Gasteiger partial charge is 0.337 e. The number of ether oxygens (including phenoxy) is 1. The summed E-state index contributed by atoms with van der Waals surface area (Å²) in [6, 6.07) is 8.05. The number of rotatable bonds is 6. The highest BCUT2D eigenvalue weighted by Gasteiger charge is 2.16. The lowest BCUT2D eigenvalue weighted by molar-refractivity contribution is -0.118. The molecule has 3 aromatic rings. The molecule has 0 spiro atoms. The van der Waals surface area contributed by atoms with Crippen molar-refractivity contribution in [2.24, 2.45) is 0 Å². The van der Waals surface area contributed by atoms with Crippen molar-refractivity contribution in [3.8, 4) is 0 Å². The first-order valence-corrected chi connectivity index (χ1v) is 9.00. The third-order valence-electron chi connectivity index (χ3n) is 3.85. The molecule has 1 N–H and O–H groups in total. The highest BCUT2D eigenvalue weighted by molar-refractivity contribution is 7.99. The Morgan fingerprint density at radius 3 is 2.81 bits per heavy atom. The Kier molecular flexibility index (Phi) is 5.60. The molecule has 0 radical (unpaired) electrons. The van der Waals surface area contributed by atoms with Crippen LogP contribution in [0.4, 0.5) is 0 Å². The Bertz CT molecular complexity index is 1040. The summed E-state index contributed by atoms with van der Waals surface area (Å²) in [6.45, 7) is 0.184. The van der Waals surface area contributed by atoms with E-state index >= 15 is 0 Å². The maximum absolute atomic E-state index is 13.0. The number of hydrogen-bond donors (Lipinski definition) is 1. The summed E-state index contributed by atoms with van der Waals surface area (Å²) in [5.41, 5.74) is 0.369. The van der Waals surface area contributed by atoms with E-state index in [0.717, 1.165) is 11.8 Å². The molecule has 0 atom stereocenters. The Hall–Kier alpha value is -3.07. The minimum atomic E-state index is -0.516. The second-order valence-corrected chi connectivity index (χ2v) is 6.49. The van der Waals surface area contributed by atoms with E-state index < -0.39 is 5.97 Å². The molecular weight excluding hydrogens is 370 g/mol. The fourth-order valence-corrected chi connectivity index (χ4v) is 3.33. The molecule has 3 rings (SSSR count). The fraction of sp³-hybridized carbons (Fsp3) is 0.222. The van der Waals surface area contributed by atoms with Gasteiger partial charge in [0.05, 0.1) is 42.1 Å². The molecule has 0 fully saturated rings. The van der Waals surface area contributed by atoms with Crippen LogP contribution >= 0.6 is 11.8 Å². The maximum atomic E-state index is 13.0. The van der Waals surface area contributed by atoms with E-state index in [-0.39, 0.29) is 23.8 Å². The third-order valence-corrected chi connectivity index (χ3v) is 4.82. The Morgan fingerprint density at radius 2 is 2.15 bits per heavy atom. The lowest BCUT2D eigenvalue weighted by Gasteiger charge is -2.12. The number of nitrogens with one attached hydrogen (secondary N) is 1. The molecule has 9 heteroatoms. The van der Waals surface area contributed by atoms with Gasteiger partial charge < -0.3 is 14.5 Å². The quantitative estimate of drug-likeness (QED) is 0.390. The number of hydrogen-bond acceptors (Lipinski definition) is 7. The first-order chi connectivity index (χ1) is 13.0. The molecule has 1 amide bonds. The van der Waals surface area contributed by atoms with E-state index in [1.165, 1.54) is 37.1 Å².